The van der Waals surface area contributed by atoms with Gasteiger partial charge >= 0.3 is 11.6 Å². The summed E-state index contributed by atoms with van der Waals surface area (Å²) in [5.41, 5.74) is 0.907. The Bertz CT molecular complexity index is 1100. The zero-order chi connectivity index (χ0) is 19.4. The molecule has 0 amide bonds. The first-order chi connectivity index (χ1) is 13.0. The molecule has 1 aromatic carbocycles. The summed E-state index contributed by atoms with van der Waals surface area (Å²) >= 11 is 0. The van der Waals surface area contributed by atoms with Crippen LogP contribution in [0.25, 0.3) is 11.1 Å². The van der Waals surface area contributed by atoms with E-state index in [1.165, 1.54) is 6.07 Å². The maximum absolute atomic E-state index is 12.1. The van der Waals surface area contributed by atoms with Crippen molar-refractivity contribution in [3.05, 3.63) is 69.1 Å². The van der Waals surface area contributed by atoms with E-state index in [1.807, 2.05) is 30.3 Å². The second kappa shape index (κ2) is 7.70. The van der Waals surface area contributed by atoms with Crippen LogP contribution in [0.15, 0.2) is 45.6 Å². The number of nitrogens with zero attached hydrogens (tertiary/aromatic N) is 2. The summed E-state index contributed by atoms with van der Waals surface area (Å²) in [6.45, 7) is 3.95. The number of ether oxygens (including phenoxy) is 1. The van der Waals surface area contributed by atoms with Crippen molar-refractivity contribution in [2.45, 2.75) is 20.4 Å². The molecular formula is C20H17N3O4. The summed E-state index contributed by atoms with van der Waals surface area (Å²) in [6, 6.07) is 13.1. The third kappa shape index (κ3) is 3.65. The number of nitrogens with one attached hydrogen (secondary N) is 1. The second-order valence-corrected chi connectivity index (χ2v) is 5.80. The minimum Gasteiger partial charge on any atom is -0.462 e. The van der Waals surface area contributed by atoms with Crippen LogP contribution in [0.1, 0.15) is 34.0 Å². The molecule has 136 valence electrons. The van der Waals surface area contributed by atoms with Crippen molar-refractivity contribution >= 4 is 22.9 Å². The third-order valence-corrected chi connectivity index (χ3v) is 4.07. The highest BCUT2D eigenvalue weighted by Gasteiger charge is 2.19. The maximum atomic E-state index is 12.1. The van der Waals surface area contributed by atoms with Crippen LogP contribution in [-0.2, 0) is 11.3 Å². The predicted molar refractivity (Wildman–Crippen MR) is 99.5 cm³/mol. The van der Waals surface area contributed by atoms with Crippen molar-refractivity contribution in [3.63, 3.8) is 0 Å². The molecule has 0 bridgehead atoms. The van der Waals surface area contributed by atoms with Gasteiger partial charge in [0.15, 0.2) is 0 Å². The fraction of sp³-hybridized carbons (Fsp3) is 0.200. The molecule has 0 aliphatic heterocycles. The number of aryl methyl sites for hydroxylation is 1. The topological polar surface area (TPSA) is 105 Å². The predicted octanol–water partition coefficient (Wildman–Crippen LogP) is 3.16. The summed E-state index contributed by atoms with van der Waals surface area (Å²) in [4.78, 5) is 28.3. The molecule has 2 heterocycles. The first-order valence-electron chi connectivity index (χ1n) is 8.38. The summed E-state index contributed by atoms with van der Waals surface area (Å²) < 4.78 is 10.1. The lowest BCUT2D eigenvalue weighted by Gasteiger charge is -2.11. The molecule has 1 N–H and O–H groups in total. The van der Waals surface area contributed by atoms with Crippen molar-refractivity contribution in [3.8, 4) is 6.07 Å². The Hall–Kier alpha value is -3.66. The van der Waals surface area contributed by atoms with E-state index in [0.717, 1.165) is 5.56 Å². The number of nitriles is 1. The van der Waals surface area contributed by atoms with Gasteiger partial charge in [-0.15, -0.1) is 0 Å². The minimum atomic E-state index is -0.827. The maximum Gasteiger partial charge on any atom is 0.352 e. The highest BCUT2D eigenvalue weighted by atomic mass is 16.5. The number of hydrogen-bond donors (Lipinski definition) is 1. The molecule has 3 rings (SSSR count). The fourth-order valence-electron chi connectivity index (χ4n) is 2.68. The Morgan fingerprint density at radius 2 is 2.07 bits per heavy atom. The highest BCUT2D eigenvalue weighted by Crippen LogP contribution is 2.26. The Morgan fingerprint density at radius 1 is 1.33 bits per heavy atom. The molecule has 3 aromatic rings. The summed E-state index contributed by atoms with van der Waals surface area (Å²) in [5.74, 6) is -0.448. The van der Waals surface area contributed by atoms with Crippen LogP contribution in [-0.4, -0.2) is 17.6 Å². The van der Waals surface area contributed by atoms with Crippen molar-refractivity contribution in [1.29, 1.82) is 5.26 Å². The second-order valence-electron chi connectivity index (χ2n) is 5.80. The number of fused-ring (bicyclic) bond motifs is 1. The lowest BCUT2D eigenvalue weighted by atomic mass is 10.1. The molecular weight excluding hydrogens is 346 g/mol. The molecule has 0 aliphatic carbocycles. The first-order valence-corrected chi connectivity index (χ1v) is 8.38. The number of benzene rings is 1. The first kappa shape index (κ1) is 18.1. The molecule has 0 spiro atoms. The number of hydrogen-bond acceptors (Lipinski definition) is 7. The Morgan fingerprint density at radius 3 is 2.74 bits per heavy atom. The van der Waals surface area contributed by atoms with Crippen LogP contribution >= 0.6 is 0 Å². The van der Waals surface area contributed by atoms with Crippen LogP contribution in [0.4, 0.5) is 5.82 Å². The summed E-state index contributed by atoms with van der Waals surface area (Å²) in [6.07, 6.45) is 0. The van der Waals surface area contributed by atoms with Gasteiger partial charge in [0.2, 0.25) is 5.71 Å². The smallest absolute Gasteiger partial charge is 0.352 e. The molecule has 0 aliphatic rings. The lowest BCUT2D eigenvalue weighted by Crippen LogP contribution is -2.17. The summed E-state index contributed by atoms with van der Waals surface area (Å²) in [5, 5.41) is 13.1. The van der Waals surface area contributed by atoms with Gasteiger partial charge in [-0.3, -0.25) is 0 Å². The van der Waals surface area contributed by atoms with Gasteiger partial charge in [0, 0.05) is 11.9 Å². The Balaban J connectivity index is 2.06. The van der Waals surface area contributed by atoms with Crippen molar-refractivity contribution in [2.75, 3.05) is 11.9 Å². The number of rotatable bonds is 5. The number of esters is 1. The number of anilines is 1. The molecule has 0 saturated carbocycles. The average molecular weight is 363 g/mol. The number of carbonyl (C=O) groups is 1. The van der Waals surface area contributed by atoms with E-state index in [0.29, 0.717) is 28.9 Å². The van der Waals surface area contributed by atoms with E-state index in [4.69, 9.17) is 9.15 Å². The third-order valence-electron chi connectivity index (χ3n) is 4.07. The van der Waals surface area contributed by atoms with Gasteiger partial charge in [-0.05, 0) is 31.0 Å². The van der Waals surface area contributed by atoms with Gasteiger partial charge in [-0.25, -0.2) is 9.59 Å². The SMILES string of the molecule is CCOC(=O)c1cc2c(C)c(C#N)c(NCc3ccccc3)nc2oc1=O. The molecule has 7 nitrogen and oxygen atoms in total. The standard InChI is InChI=1S/C20H17N3O4/c1-3-26-19(24)15-9-14-12(2)16(10-21)17(23-18(14)27-20(15)25)22-11-13-7-5-4-6-8-13/h4-9H,3,11H2,1-2H3,(H,22,23). The molecule has 27 heavy (non-hydrogen) atoms. The molecule has 0 fully saturated rings. The minimum absolute atomic E-state index is 0.0557. The van der Waals surface area contributed by atoms with Crippen LogP contribution in [0.2, 0.25) is 0 Å². The Labute approximate surface area is 155 Å². The highest BCUT2D eigenvalue weighted by molar-refractivity contribution is 5.94. The molecule has 7 heteroatoms. The van der Waals surface area contributed by atoms with Gasteiger partial charge < -0.3 is 14.5 Å². The monoisotopic (exact) mass is 363 g/mol. The lowest BCUT2D eigenvalue weighted by molar-refractivity contribution is 0.0521. The number of carbonyl (C=O) groups excluding carboxylic acids is 1. The normalized spacial score (nSPS) is 10.4. The average Bonchev–Trinajstić information content (AvgIpc) is 2.67. The molecule has 0 saturated heterocycles. The number of aromatic nitrogens is 1. The van der Waals surface area contributed by atoms with Crippen molar-refractivity contribution in [1.82, 2.24) is 4.98 Å². The van der Waals surface area contributed by atoms with E-state index in [2.05, 4.69) is 16.4 Å². The zero-order valence-corrected chi connectivity index (χ0v) is 14.9. The van der Waals surface area contributed by atoms with Crippen molar-refractivity contribution < 1.29 is 13.9 Å². The van der Waals surface area contributed by atoms with Gasteiger partial charge in [-0.2, -0.15) is 10.2 Å². The van der Waals surface area contributed by atoms with Crippen LogP contribution in [0.3, 0.4) is 0 Å². The van der Waals surface area contributed by atoms with E-state index in [-0.39, 0.29) is 17.9 Å². The molecule has 2 aromatic heterocycles. The summed E-state index contributed by atoms with van der Waals surface area (Å²) in [7, 11) is 0. The van der Waals surface area contributed by atoms with Crippen molar-refractivity contribution in [2.24, 2.45) is 0 Å². The largest absolute Gasteiger partial charge is 0.462 e. The fourth-order valence-corrected chi connectivity index (χ4v) is 2.68. The van der Waals surface area contributed by atoms with E-state index >= 15 is 0 Å². The van der Waals surface area contributed by atoms with E-state index < -0.39 is 11.6 Å². The van der Waals surface area contributed by atoms with Gasteiger partial charge in [0.05, 0.1) is 12.2 Å². The van der Waals surface area contributed by atoms with Gasteiger partial charge in [-0.1, -0.05) is 30.3 Å². The zero-order valence-electron chi connectivity index (χ0n) is 14.9. The molecule has 0 unspecified atom stereocenters. The van der Waals surface area contributed by atoms with Crippen LogP contribution in [0, 0.1) is 18.3 Å². The number of pyridine rings is 1. The van der Waals surface area contributed by atoms with E-state index in [1.54, 1.807) is 13.8 Å². The Kier molecular flexibility index (Phi) is 5.18. The van der Waals surface area contributed by atoms with Gasteiger partial charge in [0.1, 0.15) is 17.5 Å². The molecule has 0 radical (unpaired) electrons. The van der Waals surface area contributed by atoms with Crippen LogP contribution in [0.5, 0.6) is 0 Å². The van der Waals surface area contributed by atoms with Gasteiger partial charge in [0.25, 0.3) is 0 Å². The van der Waals surface area contributed by atoms with Crippen LogP contribution < -0.4 is 10.9 Å². The van der Waals surface area contributed by atoms with E-state index in [9.17, 15) is 14.9 Å². The quantitative estimate of drug-likeness (QED) is 0.694. The molecule has 0 atom stereocenters.